The number of hydrogen-bond donors (Lipinski definition) is 0. The van der Waals surface area contributed by atoms with Gasteiger partial charge in [0, 0.05) is 4.97 Å². The molecule has 0 fully saturated rings. The maximum Gasteiger partial charge on any atom is 0.0899 e. The van der Waals surface area contributed by atoms with Crippen molar-refractivity contribution in [2.75, 3.05) is 6.54 Å². The molecule has 0 aromatic heterocycles. The molecule has 5 heteroatoms. The minimum atomic E-state index is -0.355. The Labute approximate surface area is 72.8 Å². The van der Waals surface area contributed by atoms with Gasteiger partial charge < -0.3 is 10.4 Å². The second kappa shape index (κ2) is 4.13. The average Bonchev–Trinajstić information content (AvgIpc) is 1.96. The van der Waals surface area contributed by atoms with Crippen LogP contribution in [0.4, 0.5) is 0 Å². The summed E-state index contributed by atoms with van der Waals surface area (Å²) in [5.74, 6) is 0. The van der Waals surface area contributed by atoms with Crippen LogP contribution in [0.5, 0.6) is 0 Å². The van der Waals surface area contributed by atoms with Crippen LogP contribution in [0, 0.1) is 10.4 Å². The van der Waals surface area contributed by atoms with Gasteiger partial charge >= 0.3 is 0 Å². The molecule has 0 atom stereocenters. The van der Waals surface area contributed by atoms with Crippen LogP contribution in [0.3, 0.4) is 0 Å². The zero-order chi connectivity index (χ0) is 9.78. The Balaban J connectivity index is 4.44. The molecule has 5 nitrogen and oxygen atoms in total. The number of rotatable bonds is 3. The molecule has 0 aliphatic rings. The van der Waals surface area contributed by atoms with Crippen molar-refractivity contribution in [2.24, 2.45) is 5.28 Å². The monoisotopic (exact) mass is 174 g/mol. The molecule has 0 aromatic rings. The zero-order valence-corrected chi connectivity index (χ0v) is 8.07. The maximum atomic E-state index is 10.9. The van der Waals surface area contributed by atoms with Gasteiger partial charge in [-0.25, -0.2) is 0 Å². The first-order chi connectivity index (χ1) is 5.43. The van der Waals surface area contributed by atoms with Gasteiger partial charge in [-0.1, -0.05) is 6.92 Å². The maximum absolute atomic E-state index is 10.9. The topological polar surface area (TPSA) is 64.7 Å². The summed E-state index contributed by atoms with van der Waals surface area (Å²) >= 11 is 0. The third-order valence-corrected chi connectivity index (χ3v) is 1.49. The van der Waals surface area contributed by atoms with Crippen LogP contribution >= 0.6 is 0 Å². The van der Waals surface area contributed by atoms with Crippen molar-refractivity contribution in [1.29, 1.82) is 0 Å². The predicted molar refractivity (Wildman–Crippen MR) is 46.2 cm³/mol. The fourth-order valence-electron chi connectivity index (χ4n) is 0.933. The number of nitrogens with zero attached hydrogens (tertiary/aromatic N) is 3. The molecular weight excluding hydrogens is 158 g/mol. The van der Waals surface area contributed by atoms with Crippen LogP contribution in [0.2, 0.25) is 0 Å². The molecule has 0 unspecified atom stereocenters. The SMILES string of the molecule is CCCN(/[N+]([O-])=N\[O-])C(C)(C)C. The molecule has 0 amide bonds. The Morgan fingerprint density at radius 1 is 1.42 bits per heavy atom. The van der Waals surface area contributed by atoms with Gasteiger partial charge in [0.2, 0.25) is 0 Å². The van der Waals surface area contributed by atoms with Gasteiger partial charge in [0.25, 0.3) is 0 Å². The Morgan fingerprint density at radius 2 is 1.92 bits per heavy atom. The van der Waals surface area contributed by atoms with Crippen LogP contribution < -0.4 is 0 Å². The molecular formula is C7H16N3O2-. The molecule has 0 rings (SSSR count). The second-order valence-corrected chi connectivity index (χ2v) is 3.63. The van der Waals surface area contributed by atoms with Crippen LogP contribution in [0.15, 0.2) is 5.28 Å². The highest BCUT2D eigenvalue weighted by Crippen LogP contribution is 2.13. The second-order valence-electron chi connectivity index (χ2n) is 3.63. The average molecular weight is 174 g/mol. The van der Waals surface area contributed by atoms with Gasteiger partial charge in [-0.05, 0) is 32.5 Å². The first-order valence-corrected chi connectivity index (χ1v) is 4.01. The van der Waals surface area contributed by atoms with E-state index in [0.717, 1.165) is 6.42 Å². The molecule has 0 saturated carbocycles. The summed E-state index contributed by atoms with van der Waals surface area (Å²) in [4.78, 5) is 0.115. The van der Waals surface area contributed by atoms with Gasteiger partial charge in [0.1, 0.15) is 0 Å². The van der Waals surface area contributed by atoms with Crippen LogP contribution in [0.1, 0.15) is 34.1 Å². The van der Waals surface area contributed by atoms with Gasteiger partial charge in [0.05, 0.1) is 12.1 Å². The van der Waals surface area contributed by atoms with Crippen molar-refractivity contribution in [1.82, 2.24) is 5.01 Å². The molecule has 0 saturated heterocycles. The van der Waals surface area contributed by atoms with E-state index in [4.69, 9.17) is 0 Å². The van der Waals surface area contributed by atoms with E-state index in [1.807, 2.05) is 27.7 Å². The lowest BCUT2D eigenvalue weighted by Crippen LogP contribution is -2.45. The van der Waals surface area contributed by atoms with E-state index >= 15 is 0 Å². The summed E-state index contributed by atoms with van der Waals surface area (Å²) in [6.07, 6.45) is 0.811. The van der Waals surface area contributed by atoms with Crippen molar-refractivity contribution in [3.8, 4) is 0 Å². The van der Waals surface area contributed by atoms with Gasteiger partial charge in [-0.15, -0.1) is 5.01 Å². The lowest BCUT2D eigenvalue weighted by Gasteiger charge is -2.30. The lowest BCUT2D eigenvalue weighted by molar-refractivity contribution is -0.706. The van der Waals surface area contributed by atoms with E-state index in [9.17, 15) is 10.4 Å². The van der Waals surface area contributed by atoms with Crippen LogP contribution in [-0.4, -0.2) is 22.1 Å². The van der Waals surface area contributed by atoms with Crippen molar-refractivity contribution in [3.63, 3.8) is 0 Å². The van der Waals surface area contributed by atoms with Crippen molar-refractivity contribution >= 4 is 0 Å². The fraction of sp³-hybridized carbons (Fsp3) is 1.00. The van der Waals surface area contributed by atoms with Gasteiger partial charge in [-0.2, -0.15) is 0 Å². The third kappa shape index (κ3) is 2.94. The number of hydrogen-bond acceptors (Lipinski definition) is 3. The molecule has 0 spiro atoms. The van der Waals surface area contributed by atoms with Crippen LogP contribution in [-0.2, 0) is 0 Å². The predicted octanol–water partition coefficient (Wildman–Crippen LogP) is 1.87. The minimum Gasteiger partial charge on any atom is -0.737 e. The normalized spacial score (nSPS) is 13.2. The van der Waals surface area contributed by atoms with E-state index in [0.29, 0.717) is 6.54 Å². The summed E-state index contributed by atoms with van der Waals surface area (Å²) in [7, 11) is 0. The smallest absolute Gasteiger partial charge is 0.0899 e. The highest BCUT2D eigenvalue weighted by molar-refractivity contribution is 4.68. The Hall–Kier alpha value is -1.00. The highest BCUT2D eigenvalue weighted by Gasteiger charge is 2.26. The molecule has 0 aliphatic heterocycles. The summed E-state index contributed by atoms with van der Waals surface area (Å²) in [6, 6.07) is 0. The van der Waals surface area contributed by atoms with E-state index in [-0.39, 0.29) is 10.5 Å². The van der Waals surface area contributed by atoms with Gasteiger partial charge in [-0.3, -0.25) is 0 Å². The quantitative estimate of drug-likeness (QED) is 0.372. The van der Waals surface area contributed by atoms with E-state index in [1.165, 1.54) is 5.01 Å². The first-order valence-electron chi connectivity index (χ1n) is 4.01. The molecule has 12 heavy (non-hydrogen) atoms. The van der Waals surface area contributed by atoms with Crippen molar-refractivity contribution < 1.29 is 4.97 Å². The summed E-state index contributed by atoms with van der Waals surface area (Å²) in [5.41, 5.74) is -0.355. The Kier molecular flexibility index (Phi) is 3.79. The molecule has 0 aliphatic carbocycles. The van der Waals surface area contributed by atoms with E-state index in [1.54, 1.807) is 0 Å². The fourth-order valence-corrected chi connectivity index (χ4v) is 0.933. The Morgan fingerprint density at radius 3 is 2.17 bits per heavy atom. The standard InChI is InChI=1S/C7H17N3O2/c1-5-6-9(7(2,3)4)10(12)8-11/h11H,5-6H2,1-4H3/p-1/b10-8+. The molecule has 0 heterocycles. The largest absolute Gasteiger partial charge is 0.737 e. The van der Waals surface area contributed by atoms with Crippen molar-refractivity contribution in [2.45, 2.75) is 39.7 Å². The van der Waals surface area contributed by atoms with E-state index in [2.05, 4.69) is 5.28 Å². The third-order valence-electron chi connectivity index (χ3n) is 1.49. The van der Waals surface area contributed by atoms with Crippen LogP contribution in [0.25, 0.3) is 0 Å². The summed E-state index contributed by atoms with van der Waals surface area (Å²) < 4.78 is 0. The highest BCUT2D eigenvalue weighted by atomic mass is 16.6. The zero-order valence-electron chi connectivity index (χ0n) is 8.07. The molecule has 0 bridgehead atoms. The number of hydrazine groups is 1. The Bertz CT molecular complexity index is 163. The summed E-state index contributed by atoms with van der Waals surface area (Å²) in [6.45, 7) is 8.06. The molecule has 0 aromatic carbocycles. The molecule has 72 valence electrons. The minimum absolute atomic E-state index is 0.115. The van der Waals surface area contributed by atoms with Gasteiger partial charge in [0.15, 0.2) is 0 Å². The summed E-state index contributed by atoms with van der Waals surface area (Å²) in [5, 5.41) is 24.6. The first kappa shape index (κ1) is 11.0. The molecule has 0 N–H and O–H groups in total. The van der Waals surface area contributed by atoms with Crippen molar-refractivity contribution in [3.05, 3.63) is 10.4 Å². The lowest BCUT2D eigenvalue weighted by atomic mass is 10.1. The van der Waals surface area contributed by atoms with E-state index < -0.39 is 0 Å². The molecule has 0 radical (unpaired) electrons.